The lowest BCUT2D eigenvalue weighted by atomic mass is 9.98. The number of rotatable bonds is 4. The minimum absolute atomic E-state index is 0.104. The van der Waals surface area contributed by atoms with Gasteiger partial charge in [-0.25, -0.2) is 4.98 Å². The molecule has 1 amide bonds. The number of nitrogens with zero attached hydrogens (tertiary/aromatic N) is 2. The van der Waals surface area contributed by atoms with E-state index in [9.17, 15) is 9.59 Å². The number of aromatic nitrogens is 1. The summed E-state index contributed by atoms with van der Waals surface area (Å²) >= 11 is 1.43. The van der Waals surface area contributed by atoms with Gasteiger partial charge in [-0.2, -0.15) is 0 Å². The highest BCUT2D eigenvalue weighted by Gasteiger charge is 2.23. The van der Waals surface area contributed by atoms with Gasteiger partial charge in [0.1, 0.15) is 12.2 Å². The monoisotopic (exact) mass is 270 g/mol. The van der Waals surface area contributed by atoms with E-state index in [0.29, 0.717) is 12.2 Å². The van der Waals surface area contributed by atoms with Crippen molar-refractivity contribution < 1.29 is 14.7 Å². The number of carboxylic acid groups (broad SMARTS) is 1. The molecule has 0 spiro atoms. The molecule has 1 aromatic rings. The molecule has 0 aliphatic heterocycles. The van der Waals surface area contributed by atoms with E-state index in [2.05, 4.69) is 4.98 Å². The lowest BCUT2D eigenvalue weighted by Crippen LogP contribution is -2.35. The molecule has 1 N–H and O–H groups in total. The summed E-state index contributed by atoms with van der Waals surface area (Å²) in [6, 6.07) is 0. The van der Waals surface area contributed by atoms with Gasteiger partial charge < -0.3 is 10.0 Å². The fourth-order valence-corrected chi connectivity index (χ4v) is 2.25. The van der Waals surface area contributed by atoms with E-state index in [1.165, 1.54) is 16.2 Å². The van der Waals surface area contributed by atoms with Gasteiger partial charge in [0.15, 0.2) is 0 Å². The standard InChI is InChI=1S/C12H18N2O3S/c1-5-14(6-9(15)16)10(17)8-7-18-11(13-8)12(2,3)4/h7H,5-6H2,1-4H3,(H,15,16). The molecule has 18 heavy (non-hydrogen) atoms. The lowest BCUT2D eigenvalue weighted by molar-refractivity contribution is -0.137. The van der Waals surface area contributed by atoms with E-state index in [-0.39, 0.29) is 17.9 Å². The lowest BCUT2D eigenvalue weighted by Gasteiger charge is -2.17. The van der Waals surface area contributed by atoms with Crippen LogP contribution in [0.3, 0.4) is 0 Å². The van der Waals surface area contributed by atoms with Crippen LogP contribution in [0.15, 0.2) is 5.38 Å². The SMILES string of the molecule is CCN(CC(=O)O)C(=O)c1csc(C(C)(C)C)n1. The number of amides is 1. The van der Waals surface area contributed by atoms with Crippen molar-refractivity contribution in [2.45, 2.75) is 33.1 Å². The average Bonchev–Trinajstić information content (AvgIpc) is 2.73. The molecule has 1 aromatic heterocycles. The molecular weight excluding hydrogens is 252 g/mol. The highest BCUT2D eigenvalue weighted by molar-refractivity contribution is 7.10. The van der Waals surface area contributed by atoms with Gasteiger partial charge in [-0.05, 0) is 6.92 Å². The summed E-state index contributed by atoms with van der Waals surface area (Å²) in [4.78, 5) is 28.3. The fraction of sp³-hybridized carbons (Fsp3) is 0.583. The Morgan fingerprint density at radius 3 is 2.44 bits per heavy atom. The Morgan fingerprint density at radius 1 is 1.44 bits per heavy atom. The van der Waals surface area contributed by atoms with Gasteiger partial charge >= 0.3 is 5.97 Å². The third kappa shape index (κ3) is 3.53. The number of aliphatic carboxylic acids is 1. The van der Waals surface area contributed by atoms with Gasteiger partial charge in [-0.1, -0.05) is 20.8 Å². The average molecular weight is 270 g/mol. The Bertz CT molecular complexity index is 448. The normalized spacial score (nSPS) is 11.3. The number of thiazole rings is 1. The van der Waals surface area contributed by atoms with Crippen LogP contribution in [0, 0.1) is 0 Å². The van der Waals surface area contributed by atoms with Gasteiger partial charge in [0, 0.05) is 17.3 Å². The summed E-state index contributed by atoms with van der Waals surface area (Å²) in [6.07, 6.45) is 0. The highest BCUT2D eigenvalue weighted by atomic mass is 32.1. The van der Waals surface area contributed by atoms with E-state index in [1.807, 2.05) is 20.8 Å². The molecular formula is C12H18N2O3S. The van der Waals surface area contributed by atoms with Gasteiger partial charge in [-0.15, -0.1) is 11.3 Å². The van der Waals surface area contributed by atoms with Crippen LogP contribution in [0.4, 0.5) is 0 Å². The maximum absolute atomic E-state index is 12.1. The molecule has 0 saturated heterocycles. The summed E-state index contributed by atoms with van der Waals surface area (Å²) in [6.45, 7) is 7.88. The topological polar surface area (TPSA) is 70.5 Å². The van der Waals surface area contributed by atoms with Gasteiger partial charge in [0.05, 0.1) is 5.01 Å². The number of carbonyl (C=O) groups excluding carboxylic acids is 1. The van der Waals surface area contributed by atoms with Crippen LogP contribution in [0.5, 0.6) is 0 Å². The maximum atomic E-state index is 12.1. The molecule has 0 unspecified atom stereocenters. The summed E-state index contributed by atoms with van der Waals surface area (Å²) in [5.41, 5.74) is 0.223. The van der Waals surface area contributed by atoms with E-state index in [4.69, 9.17) is 5.11 Å². The molecule has 0 bridgehead atoms. The molecule has 5 nitrogen and oxygen atoms in total. The Balaban J connectivity index is 2.89. The second-order valence-electron chi connectivity index (χ2n) is 5.00. The number of hydrogen-bond donors (Lipinski definition) is 1. The van der Waals surface area contributed by atoms with Crippen LogP contribution in [0.2, 0.25) is 0 Å². The molecule has 6 heteroatoms. The molecule has 100 valence electrons. The first-order chi connectivity index (χ1) is 8.25. The first-order valence-electron chi connectivity index (χ1n) is 5.72. The molecule has 0 fully saturated rings. The second-order valence-corrected chi connectivity index (χ2v) is 5.86. The first kappa shape index (κ1) is 14.6. The first-order valence-corrected chi connectivity index (χ1v) is 6.60. The Labute approximate surface area is 110 Å². The fourth-order valence-electron chi connectivity index (χ4n) is 1.37. The molecule has 0 saturated carbocycles. The van der Waals surface area contributed by atoms with E-state index in [0.717, 1.165) is 5.01 Å². The van der Waals surface area contributed by atoms with Crippen molar-refractivity contribution in [3.8, 4) is 0 Å². The zero-order chi connectivity index (χ0) is 13.9. The summed E-state index contributed by atoms with van der Waals surface area (Å²) < 4.78 is 0. The summed E-state index contributed by atoms with van der Waals surface area (Å²) in [7, 11) is 0. The van der Waals surface area contributed by atoms with Crippen LogP contribution >= 0.6 is 11.3 Å². The minimum atomic E-state index is -1.02. The van der Waals surface area contributed by atoms with Gasteiger partial charge in [0.25, 0.3) is 5.91 Å². The Hall–Kier alpha value is -1.43. The van der Waals surface area contributed by atoms with Gasteiger partial charge in [-0.3, -0.25) is 9.59 Å². The molecule has 1 heterocycles. The quantitative estimate of drug-likeness (QED) is 0.908. The van der Waals surface area contributed by atoms with Crippen molar-refractivity contribution in [3.63, 3.8) is 0 Å². The maximum Gasteiger partial charge on any atom is 0.323 e. The van der Waals surface area contributed by atoms with Crippen molar-refractivity contribution in [3.05, 3.63) is 16.1 Å². The zero-order valence-corrected chi connectivity index (χ0v) is 11.9. The number of likely N-dealkylation sites (N-methyl/N-ethyl adjacent to an activating group) is 1. The predicted octanol–water partition coefficient (Wildman–Crippen LogP) is 1.99. The predicted molar refractivity (Wildman–Crippen MR) is 70.0 cm³/mol. The van der Waals surface area contributed by atoms with Crippen LogP contribution in [0.25, 0.3) is 0 Å². The number of carboxylic acids is 1. The third-order valence-corrected chi connectivity index (χ3v) is 3.63. The van der Waals surface area contributed by atoms with Crippen molar-refractivity contribution in [1.29, 1.82) is 0 Å². The highest BCUT2D eigenvalue weighted by Crippen LogP contribution is 2.25. The van der Waals surface area contributed by atoms with Crippen LogP contribution in [0.1, 0.15) is 43.2 Å². The molecule has 0 aromatic carbocycles. The van der Waals surface area contributed by atoms with E-state index in [1.54, 1.807) is 12.3 Å². The van der Waals surface area contributed by atoms with Crippen molar-refractivity contribution >= 4 is 23.2 Å². The third-order valence-electron chi connectivity index (χ3n) is 2.36. The summed E-state index contributed by atoms with van der Waals surface area (Å²) in [5.74, 6) is -1.34. The molecule has 0 aliphatic rings. The van der Waals surface area contributed by atoms with Crippen LogP contribution in [-0.4, -0.2) is 40.0 Å². The second kappa shape index (κ2) is 5.48. The van der Waals surface area contributed by atoms with Gasteiger partial charge in [0.2, 0.25) is 0 Å². The molecule has 0 radical (unpaired) electrons. The van der Waals surface area contributed by atoms with Crippen molar-refractivity contribution in [2.75, 3.05) is 13.1 Å². The molecule has 0 aliphatic carbocycles. The largest absolute Gasteiger partial charge is 0.480 e. The zero-order valence-electron chi connectivity index (χ0n) is 11.1. The number of carbonyl (C=O) groups is 2. The number of hydrogen-bond acceptors (Lipinski definition) is 4. The summed E-state index contributed by atoms with van der Waals surface area (Å²) in [5, 5.41) is 11.3. The van der Waals surface area contributed by atoms with E-state index < -0.39 is 5.97 Å². The Kier molecular flexibility index (Phi) is 4.45. The Morgan fingerprint density at radius 2 is 2.06 bits per heavy atom. The molecule has 0 atom stereocenters. The van der Waals surface area contributed by atoms with Crippen LogP contribution in [-0.2, 0) is 10.2 Å². The van der Waals surface area contributed by atoms with Crippen molar-refractivity contribution in [1.82, 2.24) is 9.88 Å². The van der Waals surface area contributed by atoms with Crippen molar-refractivity contribution in [2.24, 2.45) is 0 Å². The van der Waals surface area contributed by atoms with E-state index >= 15 is 0 Å². The minimum Gasteiger partial charge on any atom is -0.480 e. The smallest absolute Gasteiger partial charge is 0.323 e. The van der Waals surface area contributed by atoms with Crippen LogP contribution < -0.4 is 0 Å². The molecule has 1 rings (SSSR count).